The fourth-order valence-electron chi connectivity index (χ4n) is 4.03. The minimum atomic E-state index is -0.247. The molecule has 0 aliphatic carbocycles. The second-order valence-electron chi connectivity index (χ2n) is 7.95. The van der Waals surface area contributed by atoms with E-state index in [2.05, 4.69) is 4.90 Å². The molecule has 2 aromatic rings. The lowest BCUT2D eigenvalue weighted by Crippen LogP contribution is -2.41. The van der Waals surface area contributed by atoms with Crippen molar-refractivity contribution in [1.29, 1.82) is 0 Å². The maximum atomic E-state index is 13.0. The number of carbonyl (C=O) groups excluding carboxylic acids is 1. The van der Waals surface area contributed by atoms with E-state index in [1.807, 2.05) is 34.1 Å². The molecular weight excluding hydrogens is 405 g/mol. The number of urea groups is 1. The third kappa shape index (κ3) is 5.24. The number of amides is 2. The SMILES string of the molecule is O=C1N(CCN2CCC(COc3ccc(F)cc3)CC2)CCN1c1ccc(Cl)cc1. The number of hydrogen-bond donors (Lipinski definition) is 0. The second-order valence-corrected chi connectivity index (χ2v) is 8.38. The second kappa shape index (κ2) is 9.67. The Labute approximate surface area is 182 Å². The highest BCUT2D eigenvalue weighted by molar-refractivity contribution is 6.30. The lowest BCUT2D eigenvalue weighted by atomic mass is 9.98. The Hall–Kier alpha value is -2.31. The maximum absolute atomic E-state index is 13.0. The third-order valence-electron chi connectivity index (χ3n) is 5.93. The highest BCUT2D eigenvalue weighted by Gasteiger charge is 2.30. The van der Waals surface area contributed by atoms with Gasteiger partial charge in [0.1, 0.15) is 11.6 Å². The largest absolute Gasteiger partial charge is 0.493 e. The number of nitrogens with zero attached hydrogens (tertiary/aromatic N) is 3. The van der Waals surface area contributed by atoms with Gasteiger partial charge in [-0.05, 0) is 80.4 Å². The van der Waals surface area contributed by atoms with Gasteiger partial charge in [0.25, 0.3) is 0 Å². The van der Waals surface area contributed by atoms with Crippen LogP contribution in [0.5, 0.6) is 5.75 Å². The van der Waals surface area contributed by atoms with E-state index in [9.17, 15) is 9.18 Å². The number of carbonyl (C=O) groups is 1. The van der Waals surface area contributed by atoms with Gasteiger partial charge in [-0.2, -0.15) is 0 Å². The van der Waals surface area contributed by atoms with Crippen LogP contribution in [0.25, 0.3) is 0 Å². The molecule has 0 atom stereocenters. The molecule has 0 N–H and O–H groups in total. The zero-order valence-corrected chi connectivity index (χ0v) is 17.7. The van der Waals surface area contributed by atoms with Crippen LogP contribution in [0.2, 0.25) is 5.02 Å². The molecule has 2 aliphatic heterocycles. The molecule has 0 radical (unpaired) electrons. The lowest BCUT2D eigenvalue weighted by Gasteiger charge is -2.32. The van der Waals surface area contributed by atoms with Crippen LogP contribution >= 0.6 is 11.6 Å². The van der Waals surface area contributed by atoms with Crippen molar-refractivity contribution < 1.29 is 13.9 Å². The average Bonchev–Trinajstić information content (AvgIpc) is 3.13. The molecule has 160 valence electrons. The first kappa shape index (κ1) is 20.9. The molecule has 30 heavy (non-hydrogen) atoms. The van der Waals surface area contributed by atoms with Crippen molar-refractivity contribution in [3.8, 4) is 5.75 Å². The van der Waals surface area contributed by atoms with Gasteiger partial charge in [0, 0.05) is 36.9 Å². The van der Waals surface area contributed by atoms with Gasteiger partial charge in [-0.3, -0.25) is 4.90 Å². The zero-order valence-electron chi connectivity index (χ0n) is 17.0. The van der Waals surface area contributed by atoms with Crippen molar-refractivity contribution in [3.63, 3.8) is 0 Å². The first-order chi connectivity index (χ1) is 14.6. The Morgan fingerprint density at radius 3 is 2.33 bits per heavy atom. The maximum Gasteiger partial charge on any atom is 0.324 e. The zero-order chi connectivity index (χ0) is 20.9. The molecule has 4 rings (SSSR count). The number of piperidine rings is 1. The summed E-state index contributed by atoms with van der Waals surface area (Å²) < 4.78 is 18.8. The normalized spacial score (nSPS) is 18.3. The van der Waals surface area contributed by atoms with Crippen LogP contribution in [-0.4, -0.2) is 61.7 Å². The van der Waals surface area contributed by atoms with Crippen molar-refractivity contribution in [2.75, 3.05) is 50.8 Å². The molecule has 0 aromatic heterocycles. The molecule has 0 saturated carbocycles. The third-order valence-corrected chi connectivity index (χ3v) is 6.18. The smallest absolute Gasteiger partial charge is 0.324 e. The Kier molecular flexibility index (Phi) is 6.75. The number of benzene rings is 2. The Morgan fingerprint density at radius 2 is 1.63 bits per heavy atom. The van der Waals surface area contributed by atoms with Gasteiger partial charge in [0.05, 0.1) is 6.61 Å². The summed E-state index contributed by atoms with van der Waals surface area (Å²) in [6.07, 6.45) is 2.15. The quantitative estimate of drug-likeness (QED) is 0.647. The molecular formula is C23H27ClFN3O2. The van der Waals surface area contributed by atoms with Crippen LogP contribution in [0, 0.1) is 11.7 Å². The highest BCUT2D eigenvalue weighted by atomic mass is 35.5. The summed E-state index contributed by atoms with van der Waals surface area (Å²) in [6.45, 7) is 5.80. The molecule has 7 heteroatoms. The highest BCUT2D eigenvalue weighted by Crippen LogP contribution is 2.23. The number of anilines is 1. The van der Waals surface area contributed by atoms with Crippen molar-refractivity contribution in [2.45, 2.75) is 12.8 Å². The topological polar surface area (TPSA) is 36.0 Å². The average molecular weight is 432 g/mol. The van der Waals surface area contributed by atoms with E-state index in [4.69, 9.17) is 16.3 Å². The molecule has 2 aliphatic rings. The summed E-state index contributed by atoms with van der Waals surface area (Å²) >= 11 is 5.95. The monoisotopic (exact) mass is 431 g/mol. The minimum absolute atomic E-state index is 0.0694. The van der Waals surface area contributed by atoms with Crippen molar-refractivity contribution >= 4 is 23.3 Å². The van der Waals surface area contributed by atoms with E-state index in [1.165, 1.54) is 12.1 Å². The lowest BCUT2D eigenvalue weighted by molar-refractivity contribution is 0.133. The summed E-state index contributed by atoms with van der Waals surface area (Å²) in [5, 5.41) is 0.675. The fourth-order valence-corrected chi connectivity index (χ4v) is 4.16. The van der Waals surface area contributed by atoms with Gasteiger partial charge in [0.15, 0.2) is 0 Å². The number of ether oxygens (including phenoxy) is 1. The predicted octanol–water partition coefficient (Wildman–Crippen LogP) is 4.51. The van der Waals surface area contributed by atoms with Gasteiger partial charge < -0.3 is 14.5 Å². The molecule has 2 aromatic carbocycles. The Bertz CT molecular complexity index is 839. The summed E-state index contributed by atoms with van der Waals surface area (Å²) in [5.41, 5.74) is 0.897. The molecule has 0 bridgehead atoms. The first-order valence-electron chi connectivity index (χ1n) is 10.5. The van der Waals surface area contributed by atoms with Crippen molar-refractivity contribution in [3.05, 3.63) is 59.4 Å². The number of likely N-dealkylation sites (tertiary alicyclic amines) is 1. The van der Waals surface area contributed by atoms with E-state index in [0.717, 1.165) is 57.0 Å². The van der Waals surface area contributed by atoms with Gasteiger partial charge in [-0.25, -0.2) is 9.18 Å². The van der Waals surface area contributed by atoms with Crippen molar-refractivity contribution in [2.24, 2.45) is 5.92 Å². The van der Waals surface area contributed by atoms with Crippen LogP contribution in [0.15, 0.2) is 48.5 Å². The summed E-state index contributed by atoms with van der Waals surface area (Å²) in [5.74, 6) is 0.986. The Morgan fingerprint density at radius 1 is 0.933 bits per heavy atom. The van der Waals surface area contributed by atoms with Gasteiger partial charge in [-0.15, -0.1) is 0 Å². The standard InChI is InChI=1S/C23H27ClFN3O2/c24-19-1-5-21(6-2-19)28-16-15-27(23(28)29)14-13-26-11-9-18(10-12-26)17-30-22-7-3-20(25)4-8-22/h1-8,18H,9-17H2. The van der Waals surface area contributed by atoms with Crippen LogP contribution in [-0.2, 0) is 0 Å². The molecule has 2 saturated heterocycles. The molecule has 0 unspecified atom stereocenters. The van der Waals surface area contributed by atoms with Crippen LogP contribution in [0.3, 0.4) is 0 Å². The van der Waals surface area contributed by atoms with E-state index in [1.54, 1.807) is 12.1 Å². The van der Waals surface area contributed by atoms with Gasteiger partial charge in [-0.1, -0.05) is 11.6 Å². The molecule has 2 amide bonds. The van der Waals surface area contributed by atoms with Crippen LogP contribution < -0.4 is 9.64 Å². The first-order valence-corrected chi connectivity index (χ1v) is 10.9. The van der Waals surface area contributed by atoms with E-state index < -0.39 is 0 Å². The number of rotatable bonds is 7. The van der Waals surface area contributed by atoms with Crippen LogP contribution in [0.1, 0.15) is 12.8 Å². The number of halogens is 2. The molecule has 2 fully saturated rings. The van der Waals surface area contributed by atoms with Crippen molar-refractivity contribution in [1.82, 2.24) is 9.80 Å². The van der Waals surface area contributed by atoms with Gasteiger partial charge in [0.2, 0.25) is 0 Å². The Balaban J connectivity index is 1.17. The summed E-state index contributed by atoms with van der Waals surface area (Å²) in [7, 11) is 0. The van der Waals surface area contributed by atoms with E-state index in [-0.39, 0.29) is 11.8 Å². The molecule has 2 heterocycles. The molecule has 0 spiro atoms. The van der Waals surface area contributed by atoms with E-state index >= 15 is 0 Å². The summed E-state index contributed by atoms with van der Waals surface area (Å²) in [6, 6.07) is 13.7. The number of hydrogen-bond acceptors (Lipinski definition) is 3. The fraction of sp³-hybridized carbons (Fsp3) is 0.435. The summed E-state index contributed by atoms with van der Waals surface area (Å²) in [4.78, 5) is 18.9. The van der Waals surface area contributed by atoms with Gasteiger partial charge >= 0.3 is 6.03 Å². The molecule has 5 nitrogen and oxygen atoms in total. The minimum Gasteiger partial charge on any atom is -0.493 e. The van der Waals surface area contributed by atoms with E-state index in [0.29, 0.717) is 24.1 Å². The van der Waals surface area contributed by atoms with Crippen LogP contribution in [0.4, 0.5) is 14.9 Å². The predicted molar refractivity (Wildman–Crippen MR) is 117 cm³/mol.